The lowest BCUT2D eigenvalue weighted by molar-refractivity contribution is 1.07. The Hall–Kier alpha value is -13.0. The van der Waals surface area contributed by atoms with Crippen LogP contribution in [0.1, 0.15) is 0 Å². The standard InChI is InChI=1S/C88H56BN7/c1-90-71-48-70(88-92-86(62-34-16-6-17-35-62)91-87(93-88)63-36-18-7-19-37-63)53-74(57-71)94-79-41-23-20-38-75(79)76-54-64(44-45-80(76)94)69-55-83-85-84(56-69)96(73-51-67(60-30-12-4-13-31-60)47-68(52-73)61-32-14-5-15-33-61)82-43-25-22-40-78(82)89(85)77-39-21-24-42-81(77)95(83)72-49-65(58-26-8-2-9-27-58)46-66(50-72)59-28-10-3-11-29-59/h2-57H. The van der Waals surface area contributed by atoms with Gasteiger partial charge in [-0.25, -0.2) is 19.8 Å². The molecular formula is C88H56BN7. The van der Waals surface area contributed by atoms with E-state index in [-0.39, 0.29) is 6.71 Å². The maximum absolute atomic E-state index is 8.52. The van der Waals surface area contributed by atoms with Crippen LogP contribution < -0.4 is 26.2 Å². The molecule has 0 bridgehead atoms. The summed E-state index contributed by atoms with van der Waals surface area (Å²) >= 11 is 0. The van der Waals surface area contributed by atoms with E-state index in [9.17, 15) is 0 Å². The normalized spacial score (nSPS) is 12.1. The molecule has 2 aliphatic rings. The van der Waals surface area contributed by atoms with Gasteiger partial charge in [0.25, 0.3) is 6.71 Å². The van der Waals surface area contributed by atoms with Crippen LogP contribution in [0, 0.1) is 6.57 Å². The number of aromatic nitrogens is 4. The predicted octanol–water partition coefficient (Wildman–Crippen LogP) is 20.9. The molecular weight excluding hydrogens is 1170 g/mol. The molecule has 96 heavy (non-hydrogen) atoms. The molecule has 7 nitrogen and oxygen atoms in total. The zero-order valence-electron chi connectivity index (χ0n) is 52.0. The molecule has 2 aliphatic heterocycles. The van der Waals surface area contributed by atoms with Crippen LogP contribution in [0.2, 0.25) is 0 Å². The first-order valence-electron chi connectivity index (χ1n) is 32.5. The summed E-state index contributed by atoms with van der Waals surface area (Å²) in [6, 6.07) is 122. The minimum atomic E-state index is -0.107. The molecule has 18 rings (SSSR count). The van der Waals surface area contributed by atoms with Crippen LogP contribution in [0.3, 0.4) is 0 Å². The first-order valence-corrected chi connectivity index (χ1v) is 32.5. The van der Waals surface area contributed by atoms with Crippen molar-refractivity contribution < 1.29 is 0 Å². The van der Waals surface area contributed by atoms with Crippen LogP contribution in [0.5, 0.6) is 0 Å². The first-order chi connectivity index (χ1) is 47.5. The number of nitrogens with zero attached hydrogens (tertiary/aromatic N) is 7. The van der Waals surface area contributed by atoms with Crippen molar-refractivity contribution in [2.24, 2.45) is 0 Å². The SMILES string of the molecule is [C-]#[N+]c1cc(-c2nc(-c3ccccc3)nc(-c3ccccc3)n2)cc(-n2c3ccccc3c3cc(-c4cc5c6c(c4)N(c4cc(-c7ccccc7)cc(-c7ccccc7)c4)c4ccccc4B6c4ccccc4N5c4cc(-c5ccccc5)cc(-c5ccccc5)c4)ccc32)c1. The molecule has 0 atom stereocenters. The molecule has 16 aromatic rings. The molecule has 0 N–H and O–H groups in total. The van der Waals surface area contributed by atoms with Crippen LogP contribution in [-0.4, -0.2) is 26.2 Å². The zero-order valence-corrected chi connectivity index (χ0v) is 52.0. The second-order valence-corrected chi connectivity index (χ2v) is 24.6. The highest BCUT2D eigenvalue weighted by Crippen LogP contribution is 2.49. The van der Waals surface area contributed by atoms with Crippen molar-refractivity contribution in [2.75, 3.05) is 9.80 Å². The predicted molar refractivity (Wildman–Crippen MR) is 398 cm³/mol. The minimum Gasteiger partial charge on any atom is -0.311 e. The Balaban J connectivity index is 0.882. The van der Waals surface area contributed by atoms with Gasteiger partial charge in [0.2, 0.25) is 0 Å². The quantitative estimate of drug-likeness (QED) is 0.0954. The highest BCUT2D eigenvalue weighted by molar-refractivity contribution is 7.00. The topological polar surface area (TPSA) is 54.4 Å². The van der Waals surface area contributed by atoms with E-state index >= 15 is 0 Å². The Morgan fingerprint density at radius 2 is 0.635 bits per heavy atom. The van der Waals surface area contributed by atoms with Crippen LogP contribution in [0.15, 0.2) is 340 Å². The Morgan fingerprint density at radius 3 is 1.09 bits per heavy atom. The van der Waals surface area contributed by atoms with E-state index in [1.165, 1.54) is 16.4 Å². The van der Waals surface area contributed by atoms with E-state index in [2.05, 4.69) is 286 Å². The molecule has 2 aromatic heterocycles. The van der Waals surface area contributed by atoms with Gasteiger partial charge in [-0.2, -0.15) is 0 Å². The maximum atomic E-state index is 8.52. The lowest BCUT2D eigenvalue weighted by Crippen LogP contribution is -2.61. The van der Waals surface area contributed by atoms with Crippen molar-refractivity contribution in [2.45, 2.75) is 0 Å². The number of hydrogen-bond acceptors (Lipinski definition) is 5. The molecule has 8 heteroatoms. The van der Waals surface area contributed by atoms with Crippen molar-refractivity contribution >= 4 is 84.7 Å². The fourth-order valence-electron chi connectivity index (χ4n) is 14.6. The van der Waals surface area contributed by atoms with E-state index in [1.807, 2.05) is 72.8 Å². The summed E-state index contributed by atoms with van der Waals surface area (Å²) in [5.74, 6) is 1.59. The summed E-state index contributed by atoms with van der Waals surface area (Å²) in [5, 5.41) is 2.17. The lowest BCUT2D eigenvalue weighted by Gasteiger charge is -2.44. The first kappa shape index (κ1) is 55.9. The van der Waals surface area contributed by atoms with Gasteiger partial charge >= 0.3 is 0 Å². The van der Waals surface area contributed by atoms with Gasteiger partial charge in [-0.05, 0) is 169 Å². The van der Waals surface area contributed by atoms with Crippen LogP contribution in [-0.2, 0) is 0 Å². The Bertz CT molecular complexity index is 5360. The fraction of sp³-hybridized carbons (Fsp3) is 0. The van der Waals surface area contributed by atoms with Crippen molar-refractivity contribution in [1.29, 1.82) is 0 Å². The highest BCUT2D eigenvalue weighted by Gasteiger charge is 2.44. The smallest absolute Gasteiger partial charge is 0.252 e. The summed E-state index contributed by atoms with van der Waals surface area (Å²) < 4.78 is 2.29. The Morgan fingerprint density at radius 1 is 0.260 bits per heavy atom. The van der Waals surface area contributed by atoms with Gasteiger partial charge in [0, 0.05) is 67.3 Å². The summed E-state index contributed by atoms with van der Waals surface area (Å²) in [4.78, 5) is 24.4. The third kappa shape index (κ3) is 9.73. The van der Waals surface area contributed by atoms with Crippen LogP contribution >= 0.6 is 0 Å². The molecule has 4 heterocycles. The largest absolute Gasteiger partial charge is 0.311 e. The van der Waals surface area contributed by atoms with Gasteiger partial charge in [-0.3, -0.25) is 0 Å². The molecule has 0 fully saturated rings. The summed E-state index contributed by atoms with van der Waals surface area (Å²) in [6.45, 7) is 8.41. The third-order valence-electron chi connectivity index (χ3n) is 18.9. The van der Waals surface area contributed by atoms with Crippen molar-refractivity contribution in [3.63, 3.8) is 0 Å². The zero-order chi connectivity index (χ0) is 63.6. The number of hydrogen-bond donors (Lipinski definition) is 0. The molecule has 0 aliphatic carbocycles. The molecule has 0 unspecified atom stereocenters. The second kappa shape index (κ2) is 23.3. The van der Waals surface area contributed by atoms with E-state index in [0.717, 1.165) is 128 Å². The molecule has 0 amide bonds. The average molecular weight is 1220 g/mol. The number of benzene rings is 14. The van der Waals surface area contributed by atoms with Crippen molar-refractivity contribution in [1.82, 2.24) is 19.5 Å². The molecule has 14 aromatic carbocycles. The maximum Gasteiger partial charge on any atom is 0.252 e. The van der Waals surface area contributed by atoms with Gasteiger partial charge in [0.1, 0.15) is 0 Å². The van der Waals surface area contributed by atoms with Crippen LogP contribution in [0.25, 0.3) is 122 Å². The number of para-hydroxylation sites is 3. The van der Waals surface area contributed by atoms with Gasteiger partial charge in [-0.15, -0.1) is 0 Å². The van der Waals surface area contributed by atoms with E-state index < -0.39 is 0 Å². The number of fused-ring (bicyclic) bond motifs is 7. The molecule has 0 spiro atoms. The Labute approximate surface area is 557 Å². The summed E-state index contributed by atoms with van der Waals surface area (Å²) in [7, 11) is 0. The lowest BCUT2D eigenvalue weighted by atomic mass is 9.33. The van der Waals surface area contributed by atoms with Gasteiger partial charge < -0.3 is 14.4 Å². The molecule has 0 saturated heterocycles. The molecule has 446 valence electrons. The second-order valence-electron chi connectivity index (χ2n) is 24.6. The third-order valence-corrected chi connectivity index (χ3v) is 18.9. The van der Waals surface area contributed by atoms with E-state index in [0.29, 0.717) is 28.7 Å². The van der Waals surface area contributed by atoms with Gasteiger partial charge in [-0.1, -0.05) is 243 Å². The minimum absolute atomic E-state index is 0.107. The molecule has 0 saturated carbocycles. The fourth-order valence-corrected chi connectivity index (χ4v) is 14.6. The average Bonchev–Trinajstić information content (AvgIpc) is 0.806. The van der Waals surface area contributed by atoms with E-state index in [4.69, 9.17) is 21.5 Å². The van der Waals surface area contributed by atoms with Crippen LogP contribution in [0.4, 0.5) is 39.8 Å². The monoisotopic (exact) mass is 1220 g/mol. The summed E-state index contributed by atoms with van der Waals surface area (Å²) in [5.41, 5.74) is 27.3. The Kier molecular flexibility index (Phi) is 13.6. The van der Waals surface area contributed by atoms with Gasteiger partial charge in [0.05, 0.1) is 17.6 Å². The number of rotatable bonds is 11. The highest BCUT2D eigenvalue weighted by atomic mass is 15.2. The van der Waals surface area contributed by atoms with E-state index in [1.54, 1.807) is 0 Å². The summed E-state index contributed by atoms with van der Waals surface area (Å²) in [6.07, 6.45) is 0. The van der Waals surface area contributed by atoms with Crippen molar-refractivity contribution in [3.8, 4) is 95.5 Å². The number of anilines is 6. The van der Waals surface area contributed by atoms with Crippen molar-refractivity contribution in [3.05, 3.63) is 351 Å². The molecule has 0 radical (unpaired) electrons. The van der Waals surface area contributed by atoms with Gasteiger partial charge in [0.15, 0.2) is 23.2 Å².